The van der Waals surface area contributed by atoms with Crippen LogP contribution < -0.4 is 19.8 Å². The third-order valence-electron chi connectivity index (χ3n) is 4.98. The molecule has 1 N–H and O–H groups in total. The molecule has 1 heterocycles. The van der Waals surface area contributed by atoms with E-state index in [-0.39, 0.29) is 23.5 Å². The monoisotopic (exact) mass is 470 g/mol. The Balaban J connectivity index is 1.80. The number of nitro groups is 1. The van der Waals surface area contributed by atoms with Crippen molar-refractivity contribution >= 4 is 35.0 Å². The van der Waals surface area contributed by atoms with Gasteiger partial charge >= 0.3 is 0 Å². The van der Waals surface area contributed by atoms with Crippen molar-refractivity contribution < 1.29 is 33.6 Å². The topological polar surface area (TPSA) is 148 Å². The van der Waals surface area contributed by atoms with Gasteiger partial charge in [-0.05, 0) is 18.2 Å². The molecule has 1 aliphatic heterocycles. The molecular formula is C22H22N4O8. The number of benzene rings is 2. The Morgan fingerprint density at radius 1 is 1.21 bits per heavy atom. The van der Waals surface area contributed by atoms with Crippen molar-refractivity contribution in [1.82, 2.24) is 10.4 Å². The van der Waals surface area contributed by atoms with Gasteiger partial charge in [0.25, 0.3) is 17.5 Å². The van der Waals surface area contributed by atoms with Crippen molar-refractivity contribution in [2.75, 3.05) is 18.6 Å². The average molecular weight is 470 g/mol. The highest BCUT2D eigenvalue weighted by molar-refractivity contribution is 6.23. The number of hydrogen-bond donors (Lipinski definition) is 1. The van der Waals surface area contributed by atoms with E-state index in [4.69, 9.17) is 9.47 Å². The number of rotatable bonds is 8. The number of carbonyl (C=O) groups is 4. The van der Waals surface area contributed by atoms with Crippen molar-refractivity contribution in [3.05, 3.63) is 58.6 Å². The molecule has 1 fully saturated rings. The fraction of sp³-hybridized carbons (Fsp3) is 0.273. The zero-order chi connectivity index (χ0) is 24.8. The van der Waals surface area contributed by atoms with Crippen molar-refractivity contribution in [1.29, 1.82) is 0 Å². The third kappa shape index (κ3) is 5.11. The van der Waals surface area contributed by atoms with E-state index >= 15 is 0 Å². The highest BCUT2D eigenvalue weighted by atomic mass is 16.6. The number of ether oxygens (including phenoxy) is 2. The summed E-state index contributed by atoms with van der Waals surface area (Å²) >= 11 is 0. The largest absolute Gasteiger partial charge is 0.494 e. The molecule has 12 heteroatoms. The van der Waals surface area contributed by atoms with E-state index < -0.39 is 47.6 Å². The first-order valence-electron chi connectivity index (χ1n) is 10.3. The first-order chi connectivity index (χ1) is 16.3. The summed E-state index contributed by atoms with van der Waals surface area (Å²) in [5, 5.41) is 11.9. The van der Waals surface area contributed by atoms with E-state index in [2.05, 4.69) is 5.43 Å². The molecule has 1 atom stereocenters. The minimum atomic E-state index is -1.31. The van der Waals surface area contributed by atoms with Crippen LogP contribution in [0.1, 0.15) is 19.8 Å². The van der Waals surface area contributed by atoms with Crippen LogP contribution >= 0.6 is 0 Å². The maximum Gasteiger partial charge on any atom is 0.276 e. The lowest BCUT2D eigenvalue weighted by molar-refractivity contribution is -0.384. The van der Waals surface area contributed by atoms with E-state index in [0.717, 1.165) is 22.0 Å². The van der Waals surface area contributed by atoms with Gasteiger partial charge < -0.3 is 9.47 Å². The molecule has 1 saturated heterocycles. The van der Waals surface area contributed by atoms with Crippen LogP contribution in [0.2, 0.25) is 0 Å². The van der Waals surface area contributed by atoms with Crippen molar-refractivity contribution in [2.45, 2.75) is 25.8 Å². The van der Waals surface area contributed by atoms with Gasteiger partial charge in [0, 0.05) is 12.5 Å². The predicted octanol–water partition coefficient (Wildman–Crippen LogP) is 1.58. The van der Waals surface area contributed by atoms with Gasteiger partial charge in [0.1, 0.15) is 17.5 Å². The second-order valence-electron chi connectivity index (χ2n) is 7.15. The summed E-state index contributed by atoms with van der Waals surface area (Å²) in [6, 6.07) is 10.7. The van der Waals surface area contributed by atoms with Crippen LogP contribution in [0.25, 0.3) is 0 Å². The summed E-state index contributed by atoms with van der Waals surface area (Å²) in [6.07, 6.45) is -0.441. The lowest BCUT2D eigenvalue weighted by atomic mass is 10.2. The molecule has 0 aliphatic carbocycles. The summed E-state index contributed by atoms with van der Waals surface area (Å²) in [5.41, 5.74) is 2.06. The zero-order valence-corrected chi connectivity index (χ0v) is 18.4. The van der Waals surface area contributed by atoms with E-state index in [1.807, 2.05) is 0 Å². The Morgan fingerprint density at radius 2 is 1.91 bits per heavy atom. The van der Waals surface area contributed by atoms with Gasteiger partial charge in [-0.15, -0.1) is 0 Å². The van der Waals surface area contributed by atoms with Crippen molar-refractivity contribution in [2.24, 2.45) is 0 Å². The molecule has 0 bridgehead atoms. The van der Waals surface area contributed by atoms with Crippen LogP contribution in [0.5, 0.6) is 11.5 Å². The summed E-state index contributed by atoms with van der Waals surface area (Å²) in [6.45, 7) is 1.12. The molecule has 3 rings (SSSR count). The van der Waals surface area contributed by atoms with E-state index in [9.17, 15) is 29.3 Å². The number of imide groups is 1. The number of methoxy groups -OCH3 is 1. The van der Waals surface area contributed by atoms with Gasteiger partial charge in [0.2, 0.25) is 11.8 Å². The van der Waals surface area contributed by atoms with Crippen LogP contribution in [-0.4, -0.2) is 53.3 Å². The summed E-state index contributed by atoms with van der Waals surface area (Å²) < 4.78 is 10.5. The number of hydrogen-bond acceptors (Lipinski definition) is 8. The second kappa shape index (κ2) is 10.4. The quantitative estimate of drug-likeness (QED) is 0.347. The molecule has 0 radical (unpaired) electrons. The number of nitrogens with zero attached hydrogens (tertiary/aromatic N) is 3. The van der Waals surface area contributed by atoms with Gasteiger partial charge in [-0.1, -0.05) is 25.1 Å². The van der Waals surface area contributed by atoms with Gasteiger partial charge in [-0.2, -0.15) is 0 Å². The third-order valence-corrected chi connectivity index (χ3v) is 4.98. The number of anilines is 1. The van der Waals surface area contributed by atoms with Crippen molar-refractivity contribution in [3.63, 3.8) is 0 Å². The second-order valence-corrected chi connectivity index (χ2v) is 7.15. The molecule has 0 aromatic heterocycles. The first kappa shape index (κ1) is 24.2. The van der Waals surface area contributed by atoms with Gasteiger partial charge in [-0.3, -0.25) is 34.7 Å². The number of amides is 4. The van der Waals surface area contributed by atoms with Crippen molar-refractivity contribution in [3.8, 4) is 11.5 Å². The predicted molar refractivity (Wildman–Crippen MR) is 118 cm³/mol. The number of carbonyl (C=O) groups excluding carboxylic acids is 4. The van der Waals surface area contributed by atoms with E-state index in [0.29, 0.717) is 5.75 Å². The van der Waals surface area contributed by atoms with Gasteiger partial charge in [-0.25, -0.2) is 9.91 Å². The standard InChI is InChI=1S/C22H22N4O8/c1-3-20(28)25(23-19(27)13-34-15-7-5-4-6-8-15)17-12-21(29)24(22(17)30)16-10-9-14(26(31)32)11-18(16)33-2/h4-11,17H,3,12-13H2,1-2H3,(H,23,27). The fourth-order valence-corrected chi connectivity index (χ4v) is 3.35. The van der Waals surface area contributed by atoms with Crippen LogP contribution in [0, 0.1) is 10.1 Å². The molecule has 2 aromatic carbocycles. The molecule has 178 valence electrons. The van der Waals surface area contributed by atoms with E-state index in [1.165, 1.54) is 13.2 Å². The van der Waals surface area contributed by atoms with Gasteiger partial charge in [0.15, 0.2) is 6.61 Å². The Kier molecular flexibility index (Phi) is 7.41. The minimum Gasteiger partial charge on any atom is -0.494 e. The number of nitrogens with one attached hydrogen (secondary N) is 1. The Hall–Kier alpha value is -4.48. The highest BCUT2D eigenvalue weighted by Crippen LogP contribution is 2.35. The molecular weight excluding hydrogens is 448 g/mol. The highest BCUT2D eigenvalue weighted by Gasteiger charge is 2.46. The lowest BCUT2D eigenvalue weighted by Gasteiger charge is -2.27. The molecule has 4 amide bonds. The molecule has 1 unspecified atom stereocenters. The Bertz CT molecular complexity index is 1120. The Labute approximate surface area is 194 Å². The molecule has 0 saturated carbocycles. The normalized spacial score (nSPS) is 15.1. The number of para-hydroxylation sites is 1. The van der Waals surface area contributed by atoms with Gasteiger partial charge in [0.05, 0.1) is 30.2 Å². The smallest absolute Gasteiger partial charge is 0.276 e. The fourth-order valence-electron chi connectivity index (χ4n) is 3.35. The molecule has 34 heavy (non-hydrogen) atoms. The maximum absolute atomic E-state index is 13.2. The summed E-state index contributed by atoms with van der Waals surface area (Å²) in [7, 11) is 1.24. The SMILES string of the molecule is CCC(=O)N(NC(=O)COc1ccccc1)C1CC(=O)N(c2ccc([N+](=O)[O-])cc2OC)C1=O. The zero-order valence-electron chi connectivity index (χ0n) is 18.4. The van der Waals surface area contributed by atoms with Crippen LogP contribution in [0.3, 0.4) is 0 Å². The first-order valence-corrected chi connectivity index (χ1v) is 10.3. The van der Waals surface area contributed by atoms with E-state index in [1.54, 1.807) is 37.3 Å². The van der Waals surface area contributed by atoms with Crippen LogP contribution in [-0.2, 0) is 19.2 Å². The summed E-state index contributed by atoms with van der Waals surface area (Å²) in [5.74, 6) is -2.36. The minimum absolute atomic E-state index is 0.00626. The number of non-ortho nitro benzene ring substituents is 1. The number of nitro benzene ring substituents is 1. The molecule has 2 aromatic rings. The molecule has 12 nitrogen and oxygen atoms in total. The molecule has 1 aliphatic rings. The average Bonchev–Trinajstić information content (AvgIpc) is 3.14. The summed E-state index contributed by atoms with van der Waals surface area (Å²) in [4.78, 5) is 62.0. The van der Waals surface area contributed by atoms with Crippen LogP contribution in [0.4, 0.5) is 11.4 Å². The number of hydrazine groups is 1. The molecule has 0 spiro atoms. The Morgan fingerprint density at radius 3 is 2.53 bits per heavy atom. The van der Waals surface area contributed by atoms with Crippen LogP contribution in [0.15, 0.2) is 48.5 Å². The lowest BCUT2D eigenvalue weighted by Crippen LogP contribution is -2.55. The maximum atomic E-state index is 13.2.